The summed E-state index contributed by atoms with van der Waals surface area (Å²) in [4.78, 5) is 14.2. The number of rotatable bonds is 16. The number of carbonyl (C=O) groups excluding carboxylic acids is 1. The van der Waals surface area contributed by atoms with Crippen molar-refractivity contribution in [3.8, 4) is 0 Å². The van der Waals surface area contributed by atoms with Gasteiger partial charge in [-0.2, -0.15) is 0 Å². The number of benzene rings is 3. The molecule has 0 radical (unpaired) electrons. The Kier molecular flexibility index (Phi) is 12.5. The fourth-order valence-electron chi connectivity index (χ4n) is 5.85. The van der Waals surface area contributed by atoms with Crippen molar-refractivity contribution in [3.05, 3.63) is 114 Å². The highest BCUT2D eigenvalue weighted by Gasteiger charge is 2.39. The molecule has 42 heavy (non-hydrogen) atoms. The lowest BCUT2D eigenvalue weighted by Crippen LogP contribution is -2.39. The van der Waals surface area contributed by atoms with Crippen LogP contribution in [0.15, 0.2) is 85.4 Å². The van der Waals surface area contributed by atoms with E-state index in [9.17, 15) is 18.7 Å². The minimum Gasteiger partial charge on any atom is -0.396 e. The maximum atomic E-state index is 14.8. The van der Waals surface area contributed by atoms with Crippen molar-refractivity contribution in [2.24, 2.45) is 23.2 Å². The molecule has 3 aromatic carbocycles. The van der Waals surface area contributed by atoms with Gasteiger partial charge >= 0.3 is 0 Å². The maximum absolute atomic E-state index is 14.8. The van der Waals surface area contributed by atoms with Crippen molar-refractivity contribution in [2.45, 2.75) is 65.7 Å². The van der Waals surface area contributed by atoms with Crippen LogP contribution in [0.5, 0.6) is 0 Å². The van der Waals surface area contributed by atoms with E-state index in [1.165, 1.54) is 23.8 Å². The van der Waals surface area contributed by atoms with E-state index < -0.39 is 5.92 Å². The topological polar surface area (TPSA) is 49.3 Å². The van der Waals surface area contributed by atoms with E-state index >= 15 is 0 Å². The summed E-state index contributed by atoms with van der Waals surface area (Å²) in [5, 5.41) is 12.8. The molecule has 2 N–H and O–H groups in total. The van der Waals surface area contributed by atoms with Gasteiger partial charge in [-0.05, 0) is 89.5 Å². The molecule has 0 aliphatic heterocycles. The van der Waals surface area contributed by atoms with Gasteiger partial charge in [-0.15, -0.1) is 0 Å². The molecule has 3 nitrogen and oxygen atoms in total. The minimum absolute atomic E-state index is 0.0401. The van der Waals surface area contributed by atoms with Crippen molar-refractivity contribution in [1.29, 1.82) is 0 Å². The van der Waals surface area contributed by atoms with Crippen molar-refractivity contribution < 1.29 is 18.7 Å². The Morgan fingerprint density at radius 3 is 2.29 bits per heavy atom. The molecule has 0 bridgehead atoms. The van der Waals surface area contributed by atoms with Crippen LogP contribution in [0.1, 0.15) is 76.0 Å². The molecule has 0 fully saturated rings. The number of aliphatic hydroxyl groups is 1. The third-order valence-corrected chi connectivity index (χ3v) is 8.67. The molecule has 0 aromatic heterocycles. The van der Waals surface area contributed by atoms with Gasteiger partial charge in [0, 0.05) is 19.1 Å². The van der Waals surface area contributed by atoms with Crippen LogP contribution in [-0.4, -0.2) is 24.2 Å². The zero-order valence-electron chi connectivity index (χ0n) is 25.6. The monoisotopic (exact) mass is 575 g/mol. The number of aryl methyl sites for hydroxylation is 1. The molecular weight excluding hydrogens is 528 g/mol. The average Bonchev–Trinajstić information content (AvgIpc) is 2.99. The van der Waals surface area contributed by atoms with Gasteiger partial charge in [0.05, 0.1) is 5.92 Å². The fourth-order valence-corrected chi connectivity index (χ4v) is 5.85. The largest absolute Gasteiger partial charge is 0.396 e. The second-order valence-electron chi connectivity index (χ2n) is 12.4. The Labute approximate surface area is 251 Å². The molecule has 0 aliphatic carbocycles. The number of amides is 1. The van der Waals surface area contributed by atoms with Crippen LogP contribution >= 0.6 is 0 Å². The lowest BCUT2D eigenvalue weighted by Gasteiger charge is -2.38. The summed E-state index contributed by atoms with van der Waals surface area (Å²) in [6.45, 7) is 13.3. The smallest absolute Gasteiger partial charge is 0.228 e. The molecule has 226 valence electrons. The van der Waals surface area contributed by atoms with Gasteiger partial charge in [0.1, 0.15) is 11.6 Å². The van der Waals surface area contributed by atoms with Crippen molar-refractivity contribution in [3.63, 3.8) is 0 Å². The number of nitrogens with one attached hydrogen (secondary N) is 1. The fraction of sp³-hybridized carbons (Fsp3) is 0.432. The quantitative estimate of drug-likeness (QED) is 0.168. The van der Waals surface area contributed by atoms with Gasteiger partial charge in [-0.25, -0.2) is 8.78 Å². The highest BCUT2D eigenvalue weighted by Crippen LogP contribution is 2.45. The van der Waals surface area contributed by atoms with Gasteiger partial charge in [0.15, 0.2) is 0 Å². The average molecular weight is 576 g/mol. The third kappa shape index (κ3) is 9.35. The summed E-state index contributed by atoms with van der Waals surface area (Å²) < 4.78 is 28.6. The molecule has 3 aromatic rings. The van der Waals surface area contributed by atoms with Crippen LogP contribution in [0, 0.1) is 34.8 Å². The Hall–Kier alpha value is -3.31. The van der Waals surface area contributed by atoms with Crippen molar-refractivity contribution in [1.82, 2.24) is 5.32 Å². The van der Waals surface area contributed by atoms with Gasteiger partial charge in [-0.1, -0.05) is 95.3 Å². The summed E-state index contributed by atoms with van der Waals surface area (Å²) in [6, 6.07) is 22.9. The maximum Gasteiger partial charge on any atom is 0.228 e. The van der Waals surface area contributed by atoms with Crippen LogP contribution in [0.3, 0.4) is 0 Å². The van der Waals surface area contributed by atoms with Crippen LogP contribution in [-0.2, 0) is 11.2 Å². The Bertz CT molecular complexity index is 1270. The molecule has 3 rings (SSSR count). The number of hydrogen-bond donors (Lipinski definition) is 2. The molecular formula is C37H47F2NO2. The van der Waals surface area contributed by atoms with E-state index in [2.05, 4.69) is 37.9 Å². The second kappa shape index (κ2) is 15.8. The van der Waals surface area contributed by atoms with E-state index in [0.29, 0.717) is 24.1 Å². The first-order valence-corrected chi connectivity index (χ1v) is 15.2. The molecule has 4 unspecified atom stereocenters. The van der Waals surface area contributed by atoms with Crippen molar-refractivity contribution >= 4 is 11.5 Å². The van der Waals surface area contributed by atoms with E-state index in [0.717, 1.165) is 31.2 Å². The number of halogens is 2. The molecule has 1 amide bonds. The van der Waals surface area contributed by atoms with E-state index in [1.54, 1.807) is 24.3 Å². The zero-order chi connectivity index (χ0) is 30.7. The summed E-state index contributed by atoms with van der Waals surface area (Å²) >= 11 is 0. The summed E-state index contributed by atoms with van der Waals surface area (Å²) in [7, 11) is 0. The lowest BCUT2D eigenvalue weighted by atomic mass is 9.66. The first-order valence-electron chi connectivity index (χ1n) is 15.2. The highest BCUT2D eigenvalue weighted by molar-refractivity contribution is 5.92. The van der Waals surface area contributed by atoms with Crippen LogP contribution in [0.2, 0.25) is 0 Å². The van der Waals surface area contributed by atoms with Gasteiger partial charge in [0.2, 0.25) is 5.91 Å². The normalized spacial score (nSPS) is 14.5. The Morgan fingerprint density at radius 2 is 1.67 bits per heavy atom. The molecule has 0 saturated heterocycles. The number of aliphatic hydroxyl groups excluding tert-OH is 1. The Morgan fingerprint density at radius 1 is 0.976 bits per heavy atom. The molecule has 0 aliphatic rings. The van der Waals surface area contributed by atoms with E-state index in [4.69, 9.17) is 0 Å². The van der Waals surface area contributed by atoms with E-state index in [1.807, 2.05) is 38.1 Å². The zero-order valence-corrected chi connectivity index (χ0v) is 25.6. The first kappa shape index (κ1) is 33.2. The SMILES string of the molecule is C=C(c1ccc(F)cc1)C(C(=O)NCCCC(C)(C)CO)C(c1cccc(F)c1)C(CCc1ccccc1)C(C)CC. The summed E-state index contributed by atoms with van der Waals surface area (Å²) in [5.41, 5.74) is 3.02. The molecule has 0 spiro atoms. The number of carbonyl (C=O) groups is 1. The minimum atomic E-state index is -0.696. The van der Waals surface area contributed by atoms with Gasteiger partial charge < -0.3 is 10.4 Å². The van der Waals surface area contributed by atoms with Crippen LogP contribution < -0.4 is 5.32 Å². The molecule has 4 atom stereocenters. The summed E-state index contributed by atoms with van der Waals surface area (Å²) in [5.74, 6) is -1.65. The third-order valence-electron chi connectivity index (χ3n) is 8.67. The Balaban J connectivity index is 2.06. The second-order valence-corrected chi connectivity index (χ2v) is 12.4. The summed E-state index contributed by atoms with van der Waals surface area (Å²) in [6.07, 6.45) is 4.01. The lowest BCUT2D eigenvalue weighted by molar-refractivity contribution is -0.124. The highest BCUT2D eigenvalue weighted by atomic mass is 19.1. The van der Waals surface area contributed by atoms with Crippen molar-refractivity contribution in [2.75, 3.05) is 13.2 Å². The molecule has 0 saturated carbocycles. The van der Waals surface area contributed by atoms with Crippen LogP contribution in [0.4, 0.5) is 8.78 Å². The van der Waals surface area contributed by atoms with E-state index in [-0.39, 0.29) is 47.3 Å². The van der Waals surface area contributed by atoms with Gasteiger partial charge in [-0.3, -0.25) is 4.79 Å². The van der Waals surface area contributed by atoms with Crippen LogP contribution in [0.25, 0.3) is 5.57 Å². The number of hydrogen-bond acceptors (Lipinski definition) is 2. The predicted molar refractivity (Wildman–Crippen MR) is 169 cm³/mol. The molecule has 0 heterocycles. The van der Waals surface area contributed by atoms with Gasteiger partial charge in [0.25, 0.3) is 0 Å². The first-order chi connectivity index (χ1) is 20.1. The standard InChI is InChI=1S/C37H47F2NO2/c1-6-26(2)33(21-16-28-12-8-7-9-13-28)35(30-14-10-15-32(39)24-30)34(27(3)29-17-19-31(38)20-18-29)36(42)40-23-11-22-37(4,5)25-41/h7-10,12-15,17-20,24,26,33-35,41H,3,6,11,16,21-23,25H2,1-2,4-5H3,(H,40,42). The molecule has 5 heteroatoms. The predicted octanol–water partition coefficient (Wildman–Crippen LogP) is 8.59.